The van der Waals surface area contributed by atoms with Crippen molar-refractivity contribution in [3.05, 3.63) is 84.2 Å². The molecule has 0 saturated carbocycles. The Hall–Kier alpha value is -3.01. The summed E-state index contributed by atoms with van der Waals surface area (Å²) in [6.45, 7) is 4.43. The van der Waals surface area contributed by atoms with Gasteiger partial charge < -0.3 is 4.90 Å². The molecule has 1 aliphatic rings. The van der Waals surface area contributed by atoms with Crippen LogP contribution in [0.5, 0.6) is 0 Å². The van der Waals surface area contributed by atoms with Crippen molar-refractivity contribution in [2.45, 2.75) is 11.3 Å². The first kappa shape index (κ1) is 22.8. The molecule has 0 unspecified atom stereocenters. The Labute approximate surface area is 202 Å². The number of benzene rings is 3. The van der Waals surface area contributed by atoms with E-state index in [1.165, 1.54) is 39.8 Å². The van der Waals surface area contributed by atoms with Gasteiger partial charge in [-0.25, -0.2) is 12.8 Å². The number of rotatable bonds is 7. The van der Waals surface area contributed by atoms with E-state index >= 15 is 0 Å². The van der Waals surface area contributed by atoms with E-state index in [4.69, 9.17) is 0 Å². The lowest BCUT2D eigenvalue weighted by molar-refractivity contribution is 0.261. The first-order valence-corrected chi connectivity index (χ1v) is 13.4. The predicted octanol–water partition coefficient (Wildman–Crippen LogP) is 4.60. The third-order valence-corrected chi connectivity index (χ3v) is 8.33. The van der Waals surface area contributed by atoms with Crippen molar-refractivity contribution in [1.82, 2.24) is 9.27 Å². The molecule has 0 radical (unpaired) electrons. The molecule has 6 nitrogen and oxygen atoms in total. The highest BCUT2D eigenvalue weighted by Gasteiger charge is 2.22. The Balaban J connectivity index is 1.22. The molecule has 1 N–H and O–H groups in total. The quantitative estimate of drug-likeness (QED) is 0.405. The van der Waals surface area contributed by atoms with Crippen LogP contribution < -0.4 is 9.62 Å². The normalized spacial score (nSPS) is 15.0. The predicted molar refractivity (Wildman–Crippen MR) is 136 cm³/mol. The molecule has 176 valence electrons. The number of para-hydroxylation sites is 1. The van der Waals surface area contributed by atoms with Crippen LogP contribution in [0.2, 0.25) is 0 Å². The average Bonchev–Trinajstić information content (AvgIpc) is 3.28. The van der Waals surface area contributed by atoms with E-state index in [1.807, 2.05) is 24.3 Å². The van der Waals surface area contributed by atoms with Crippen LogP contribution in [0.3, 0.4) is 0 Å². The van der Waals surface area contributed by atoms with E-state index in [0.29, 0.717) is 12.1 Å². The first-order valence-electron chi connectivity index (χ1n) is 11.2. The fourth-order valence-corrected chi connectivity index (χ4v) is 6.24. The molecule has 1 aliphatic heterocycles. The summed E-state index contributed by atoms with van der Waals surface area (Å²) in [5.74, 6) is 0.298. The number of aromatic nitrogens is 1. The summed E-state index contributed by atoms with van der Waals surface area (Å²) in [5.41, 5.74) is 1.37. The summed E-state index contributed by atoms with van der Waals surface area (Å²) in [5, 5.41) is 1.21. The van der Waals surface area contributed by atoms with Gasteiger partial charge in [-0.1, -0.05) is 42.5 Å². The standard InChI is InChI=1S/C25H25FN4O2S2/c26-21-9-3-6-12-24(21)34(31,32)28-22-10-4-1-7-19(22)13-14-29-15-17-30(18-16-29)25-20-8-2-5-11-23(20)33-27-25/h1-12,28H,13-18H2. The molecule has 0 bridgehead atoms. The molecule has 4 aromatic rings. The number of nitrogens with zero attached hydrogens (tertiary/aromatic N) is 3. The summed E-state index contributed by atoms with van der Waals surface area (Å²) < 4.78 is 48.0. The third kappa shape index (κ3) is 4.77. The van der Waals surface area contributed by atoms with Crippen molar-refractivity contribution < 1.29 is 12.8 Å². The van der Waals surface area contributed by atoms with Gasteiger partial charge in [0.2, 0.25) is 0 Å². The maximum Gasteiger partial charge on any atom is 0.264 e. The molecular formula is C25H25FN4O2S2. The van der Waals surface area contributed by atoms with Gasteiger partial charge in [-0.15, -0.1) is 0 Å². The van der Waals surface area contributed by atoms with Gasteiger partial charge >= 0.3 is 0 Å². The van der Waals surface area contributed by atoms with E-state index in [1.54, 1.807) is 12.1 Å². The number of sulfonamides is 1. The molecule has 5 rings (SSSR count). The molecule has 2 heterocycles. The number of anilines is 2. The zero-order valence-electron chi connectivity index (χ0n) is 18.5. The Kier molecular flexibility index (Phi) is 6.49. The van der Waals surface area contributed by atoms with Gasteiger partial charge in [0.25, 0.3) is 10.0 Å². The second-order valence-electron chi connectivity index (χ2n) is 8.27. The van der Waals surface area contributed by atoms with Crippen LogP contribution in [0, 0.1) is 5.82 Å². The van der Waals surface area contributed by atoms with Crippen molar-refractivity contribution in [2.75, 3.05) is 42.3 Å². The number of hydrogen-bond donors (Lipinski definition) is 1. The largest absolute Gasteiger partial charge is 0.353 e. The van der Waals surface area contributed by atoms with Gasteiger partial charge in [0.1, 0.15) is 16.5 Å². The Morgan fingerprint density at radius 1 is 0.912 bits per heavy atom. The summed E-state index contributed by atoms with van der Waals surface area (Å²) in [6.07, 6.45) is 0.690. The number of hydrogen-bond acceptors (Lipinski definition) is 6. The number of halogens is 1. The van der Waals surface area contributed by atoms with E-state index in [2.05, 4.69) is 31.0 Å². The van der Waals surface area contributed by atoms with Crippen molar-refractivity contribution >= 4 is 43.1 Å². The van der Waals surface area contributed by atoms with Gasteiger partial charge in [0.15, 0.2) is 0 Å². The van der Waals surface area contributed by atoms with E-state index in [-0.39, 0.29) is 4.90 Å². The summed E-state index contributed by atoms with van der Waals surface area (Å²) in [6, 6.07) is 21.0. The second kappa shape index (κ2) is 9.69. The van der Waals surface area contributed by atoms with Crippen LogP contribution in [-0.2, 0) is 16.4 Å². The highest BCUT2D eigenvalue weighted by molar-refractivity contribution is 7.92. The van der Waals surface area contributed by atoms with Crippen molar-refractivity contribution in [3.63, 3.8) is 0 Å². The zero-order chi connectivity index (χ0) is 23.5. The molecule has 3 aromatic carbocycles. The molecule has 1 aromatic heterocycles. The lowest BCUT2D eigenvalue weighted by Gasteiger charge is -2.35. The van der Waals surface area contributed by atoms with Crippen LogP contribution in [-0.4, -0.2) is 50.4 Å². The average molecular weight is 497 g/mol. The lowest BCUT2D eigenvalue weighted by Crippen LogP contribution is -2.47. The van der Waals surface area contributed by atoms with Crippen molar-refractivity contribution in [2.24, 2.45) is 0 Å². The summed E-state index contributed by atoms with van der Waals surface area (Å²) in [4.78, 5) is 4.37. The molecule has 1 saturated heterocycles. The van der Waals surface area contributed by atoms with Gasteiger partial charge in [0, 0.05) is 38.1 Å². The van der Waals surface area contributed by atoms with Crippen LogP contribution in [0.25, 0.3) is 10.1 Å². The third-order valence-electron chi connectivity index (χ3n) is 6.12. The summed E-state index contributed by atoms with van der Waals surface area (Å²) >= 11 is 1.54. The van der Waals surface area contributed by atoms with Gasteiger partial charge in [-0.05, 0) is 53.8 Å². The minimum Gasteiger partial charge on any atom is -0.353 e. The van der Waals surface area contributed by atoms with Crippen LogP contribution in [0.4, 0.5) is 15.9 Å². The Morgan fingerprint density at radius 3 is 2.44 bits per heavy atom. The Bertz CT molecular complexity index is 1400. The SMILES string of the molecule is O=S(=O)(Nc1ccccc1CCN1CCN(c2nsc3ccccc23)CC1)c1ccccc1F. The molecular weight excluding hydrogens is 471 g/mol. The van der Waals surface area contributed by atoms with Crippen molar-refractivity contribution in [1.29, 1.82) is 0 Å². The van der Waals surface area contributed by atoms with Crippen molar-refractivity contribution in [3.8, 4) is 0 Å². The minimum atomic E-state index is -4.01. The smallest absolute Gasteiger partial charge is 0.264 e. The molecule has 9 heteroatoms. The topological polar surface area (TPSA) is 65.5 Å². The number of fused-ring (bicyclic) bond motifs is 1. The van der Waals surface area contributed by atoms with E-state index in [9.17, 15) is 12.8 Å². The first-order chi connectivity index (χ1) is 16.5. The van der Waals surface area contributed by atoms with Crippen LogP contribution >= 0.6 is 11.5 Å². The zero-order valence-corrected chi connectivity index (χ0v) is 20.2. The number of nitrogens with one attached hydrogen (secondary N) is 1. The highest BCUT2D eigenvalue weighted by atomic mass is 32.2. The van der Waals surface area contributed by atoms with Gasteiger partial charge in [-0.2, -0.15) is 4.37 Å². The van der Waals surface area contributed by atoms with E-state index < -0.39 is 15.8 Å². The molecule has 34 heavy (non-hydrogen) atoms. The van der Waals surface area contributed by atoms with E-state index in [0.717, 1.165) is 50.2 Å². The minimum absolute atomic E-state index is 0.351. The number of piperazine rings is 1. The fourth-order valence-electron chi connectivity index (χ4n) is 4.26. The fraction of sp³-hybridized carbons (Fsp3) is 0.240. The van der Waals surface area contributed by atoms with Crippen LogP contribution in [0.15, 0.2) is 77.7 Å². The maximum atomic E-state index is 14.1. The molecule has 1 fully saturated rings. The molecule has 0 spiro atoms. The van der Waals surface area contributed by atoms with Crippen LogP contribution in [0.1, 0.15) is 5.56 Å². The second-order valence-corrected chi connectivity index (χ2v) is 10.7. The monoisotopic (exact) mass is 496 g/mol. The van der Waals surface area contributed by atoms with Gasteiger partial charge in [-0.3, -0.25) is 9.62 Å². The molecule has 0 atom stereocenters. The molecule has 0 amide bonds. The molecule has 0 aliphatic carbocycles. The Morgan fingerprint density at radius 2 is 1.62 bits per heavy atom. The maximum absolute atomic E-state index is 14.1. The lowest BCUT2D eigenvalue weighted by atomic mass is 10.1. The van der Waals surface area contributed by atoms with Gasteiger partial charge in [0.05, 0.1) is 10.4 Å². The highest BCUT2D eigenvalue weighted by Crippen LogP contribution is 2.30. The summed E-state index contributed by atoms with van der Waals surface area (Å²) in [7, 11) is -4.01.